The molecule has 220 valence electrons. The van der Waals surface area contributed by atoms with Gasteiger partial charge in [-0.15, -0.1) is 0 Å². The van der Waals surface area contributed by atoms with Gasteiger partial charge in [0.2, 0.25) is 0 Å². The molecule has 0 amide bonds. The van der Waals surface area contributed by atoms with Gasteiger partial charge in [0, 0.05) is 28.9 Å². The lowest BCUT2D eigenvalue weighted by molar-refractivity contribution is 0.0546. The molecule has 0 saturated heterocycles. The van der Waals surface area contributed by atoms with Crippen LogP contribution in [0.4, 0.5) is 4.79 Å². The second-order valence-corrected chi connectivity index (χ2v) is 10.8. The predicted molar refractivity (Wildman–Crippen MR) is 171 cm³/mol. The lowest BCUT2D eigenvalue weighted by Gasteiger charge is -2.20. The molecule has 1 N–H and O–H groups in total. The molecule has 2 aromatic carbocycles. The summed E-state index contributed by atoms with van der Waals surface area (Å²) in [6.45, 7) is 10.8. The maximum Gasteiger partial charge on any atom is 0.420 e. The second kappa shape index (κ2) is 12.8. The third-order valence-electron chi connectivity index (χ3n) is 6.47. The molecule has 0 fully saturated rings. The molecule has 6 aromatic rings. The molecule has 43 heavy (non-hydrogen) atoms. The third-order valence-corrected chi connectivity index (χ3v) is 6.47. The molecule has 4 aromatic heterocycles. The van der Waals surface area contributed by atoms with Crippen LogP contribution in [0, 0.1) is 0 Å². The van der Waals surface area contributed by atoms with Gasteiger partial charge < -0.3 is 19.2 Å². The van der Waals surface area contributed by atoms with Crippen LogP contribution in [0.5, 0.6) is 11.5 Å². The number of hydrogen-bond donors (Lipinski definition) is 1. The number of benzene rings is 2. The van der Waals surface area contributed by atoms with E-state index in [1.807, 2.05) is 95.3 Å². The highest BCUT2D eigenvalue weighted by Gasteiger charge is 2.23. The number of pyridine rings is 2. The van der Waals surface area contributed by atoms with Gasteiger partial charge in [0.1, 0.15) is 28.4 Å². The predicted octanol–water partition coefficient (Wildman–Crippen LogP) is 8.51. The van der Waals surface area contributed by atoms with Gasteiger partial charge in [-0.2, -0.15) is 0 Å². The van der Waals surface area contributed by atoms with Crippen LogP contribution in [0.25, 0.3) is 44.6 Å². The number of hydrogen-bond acceptors (Lipinski definition) is 6. The highest BCUT2D eigenvalue weighted by Crippen LogP contribution is 2.30. The number of aromatic nitrogens is 4. The quantitative estimate of drug-likeness (QED) is 0.214. The zero-order valence-electron chi connectivity index (χ0n) is 25.1. The summed E-state index contributed by atoms with van der Waals surface area (Å²) in [5.74, 6) is 1.69. The van der Waals surface area contributed by atoms with Crippen LogP contribution in [0.1, 0.15) is 34.6 Å². The monoisotopic (exact) mass is 576 g/mol. The fourth-order valence-corrected chi connectivity index (χ4v) is 4.64. The van der Waals surface area contributed by atoms with Gasteiger partial charge in [-0.25, -0.2) is 19.3 Å². The molecule has 0 aliphatic heterocycles. The first kappa shape index (κ1) is 29.4. The maximum atomic E-state index is 12.8. The Morgan fingerprint density at radius 2 is 1.35 bits per heavy atom. The van der Waals surface area contributed by atoms with Crippen molar-refractivity contribution in [1.82, 2.24) is 19.5 Å². The minimum Gasteiger partial charge on any atom is -0.494 e. The summed E-state index contributed by atoms with van der Waals surface area (Å²) in [6, 6.07) is 27.5. The SMILES string of the molecule is CCOc1ccc(-c2cc3cccnc3[nH]2)cc1.CCOc1ccc(-c2cc3cccnc3n2C(=O)OC(C)(C)C)cc1. The molecule has 6 rings (SSSR count). The molecular formula is C35H36N4O4. The molecule has 0 aliphatic carbocycles. The Bertz CT molecular complexity index is 1780. The van der Waals surface area contributed by atoms with Crippen LogP contribution >= 0.6 is 0 Å². The average molecular weight is 577 g/mol. The van der Waals surface area contributed by atoms with Crippen molar-refractivity contribution < 1.29 is 19.0 Å². The van der Waals surface area contributed by atoms with Gasteiger partial charge >= 0.3 is 6.09 Å². The topological polar surface area (TPSA) is 91.3 Å². The highest BCUT2D eigenvalue weighted by atomic mass is 16.6. The van der Waals surface area contributed by atoms with Gasteiger partial charge in [0.15, 0.2) is 0 Å². The lowest BCUT2D eigenvalue weighted by Crippen LogP contribution is -2.27. The van der Waals surface area contributed by atoms with Crippen molar-refractivity contribution in [1.29, 1.82) is 0 Å². The lowest BCUT2D eigenvalue weighted by atomic mass is 10.1. The standard InChI is InChI=1S/C20H22N2O3.C15H14N2O/c1-5-24-16-10-8-14(9-11-16)17-13-15-7-6-12-21-18(15)22(17)19(23)25-20(2,3)4;1-2-18-13-7-5-11(6-8-13)14-10-12-4-3-9-16-15(12)17-14/h6-13H,5H2,1-4H3;3-10H,2H2,1H3,(H,16,17). The molecule has 8 nitrogen and oxygen atoms in total. The van der Waals surface area contributed by atoms with Gasteiger partial charge in [-0.3, -0.25) is 0 Å². The van der Waals surface area contributed by atoms with E-state index in [0.29, 0.717) is 18.9 Å². The summed E-state index contributed by atoms with van der Waals surface area (Å²) in [6.07, 6.45) is 3.02. The van der Waals surface area contributed by atoms with Crippen LogP contribution in [0.3, 0.4) is 0 Å². The number of H-pyrrole nitrogens is 1. The number of carbonyl (C=O) groups excluding carboxylic acids is 1. The van der Waals surface area contributed by atoms with Crippen molar-refractivity contribution >= 4 is 28.2 Å². The van der Waals surface area contributed by atoms with Gasteiger partial charge in [0.05, 0.1) is 18.9 Å². The summed E-state index contributed by atoms with van der Waals surface area (Å²) in [7, 11) is 0. The number of rotatable bonds is 6. The van der Waals surface area contributed by atoms with E-state index in [1.54, 1.807) is 12.4 Å². The summed E-state index contributed by atoms with van der Waals surface area (Å²) >= 11 is 0. The minimum absolute atomic E-state index is 0.440. The fourth-order valence-electron chi connectivity index (χ4n) is 4.64. The van der Waals surface area contributed by atoms with Crippen molar-refractivity contribution in [3.05, 3.63) is 97.3 Å². The first-order chi connectivity index (χ1) is 20.8. The van der Waals surface area contributed by atoms with E-state index in [4.69, 9.17) is 14.2 Å². The van der Waals surface area contributed by atoms with E-state index >= 15 is 0 Å². The number of fused-ring (bicyclic) bond motifs is 2. The average Bonchev–Trinajstić information content (AvgIpc) is 3.60. The van der Waals surface area contributed by atoms with E-state index in [-0.39, 0.29) is 0 Å². The van der Waals surface area contributed by atoms with E-state index in [1.165, 1.54) is 4.57 Å². The van der Waals surface area contributed by atoms with Crippen molar-refractivity contribution in [2.45, 2.75) is 40.2 Å². The normalized spacial score (nSPS) is 11.2. The molecule has 4 heterocycles. The molecule has 0 saturated carbocycles. The zero-order chi connectivity index (χ0) is 30.4. The van der Waals surface area contributed by atoms with Crippen molar-refractivity contribution in [3.63, 3.8) is 0 Å². The third kappa shape index (κ3) is 7.04. The van der Waals surface area contributed by atoms with Crippen molar-refractivity contribution in [2.75, 3.05) is 13.2 Å². The largest absolute Gasteiger partial charge is 0.494 e. The number of nitrogens with one attached hydrogen (secondary N) is 1. The van der Waals surface area contributed by atoms with E-state index in [0.717, 1.165) is 50.4 Å². The second-order valence-electron chi connectivity index (χ2n) is 10.8. The van der Waals surface area contributed by atoms with Crippen LogP contribution in [-0.4, -0.2) is 44.4 Å². The Labute approximate surface area is 251 Å². The Kier molecular flexibility index (Phi) is 8.76. The first-order valence-corrected chi connectivity index (χ1v) is 14.4. The molecule has 0 bridgehead atoms. The van der Waals surface area contributed by atoms with Crippen LogP contribution in [-0.2, 0) is 4.74 Å². The summed E-state index contributed by atoms with van der Waals surface area (Å²) in [5.41, 5.74) is 4.77. The van der Waals surface area contributed by atoms with Crippen LogP contribution in [0.15, 0.2) is 97.3 Å². The molecule has 0 aliphatic rings. The van der Waals surface area contributed by atoms with Crippen molar-refractivity contribution in [3.8, 4) is 34.0 Å². The van der Waals surface area contributed by atoms with E-state index < -0.39 is 11.7 Å². The number of ether oxygens (including phenoxy) is 3. The van der Waals surface area contributed by atoms with Crippen LogP contribution in [0.2, 0.25) is 0 Å². The Balaban J connectivity index is 0.000000180. The van der Waals surface area contributed by atoms with Gasteiger partial charge in [-0.1, -0.05) is 0 Å². The highest BCUT2D eigenvalue weighted by molar-refractivity contribution is 5.94. The summed E-state index contributed by atoms with van der Waals surface area (Å²) < 4.78 is 18.0. The Morgan fingerprint density at radius 1 is 0.767 bits per heavy atom. The minimum atomic E-state index is -0.585. The molecule has 0 atom stereocenters. The fraction of sp³-hybridized carbons (Fsp3) is 0.229. The van der Waals surface area contributed by atoms with Gasteiger partial charge in [-0.05, 0) is 131 Å². The Morgan fingerprint density at radius 3 is 1.93 bits per heavy atom. The molecule has 0 spiro atoms. The molecule has 8 heteroatoms. The summed E-state index contributed by atoms with van der Waals surface area (Å²) in [5, 5.41) is 2.01. The maximum absolute atomic E-state index is 12.8. The smallest absolute Gasteiger partial charge is 0.420 e. The number of carbonyl (C=O) groups is 1. The van der Waals surface area contributed by atoms with Crippen molar-refractivity contribution in [2.24, 2.45) is 0 Å². The van der Waals surface area contributed by atoms with Gasteiger partial charge in [0.25, 0.3) is 0 Å². The number of aromatic amines is 1. The van der Waals surface area contributed by atoms with Crippen LogP contribution < -0.4 is 9.47 Å². The van der Waals surface area contributed by atoms with E-state index in [2.05, 4.69) is 39.2 Å². The molecular weight excluding hydrogens is 540 g/mol. The first-order valence-electron chi connectivity index (χ1n) is 14.4. The molecule has 0 radical (unpaired) electrons. The molecule has 0 unspecified atom stereocenters. The summed E-state index contributed by atoms with van der Waals surface area (Å²) in [4.78, 5) is 24.7. The Hall–Kier alpha value is -5.11. The van der Waals surface area contributed by atoms with E-state index in [9.17, 15) is 4.79 Å². The zero-order valence-corrected chi connectivity index (χ0v) is 25.1. The number of nitrogens with zero attached hydrogens (tertiary/aromatic N) is 3.